The van der Waals surface area contributed by atoms with Crippen LogP contribution in [0.4, 0.5) is 0 Å². The number of carbonyl (C=O) groups excluding carboxylic acids is 3. The van der Waals surface area contributed by atoms with Crippen molar-refractivity contribution in [2.75, 3.05) is 6.54 Å². The highest BCUT2D eigenvalue weighted by molar-refractivity contribution is 6.04. The molecule has 1 aromatic rings. The van der Waals surface area contributed by atoms with Crippen LogP contribution in [0.1, 0.15) is 5.56 Å². The number of amides is 2. The molecule has 0 saturated heterocycles. The summed E-state index contributed by atoms with van der Waals surface area (Å²) in [7, 11) is 0. The second-order valence-electron chi connectivity index (χ2n) is 4.48. The molecule has 1 aromatic carbocycles. The van der Waals surface area contributed by atoms with Crippen LogP contribution in [0, 0.1) is 0 Å². The third-order valence-electron chi connectivity index (χ3n) is 2.79. The van der Waals surface area contributed by atoms with Gasteiger partial charge in [-0.1, -0.05) is 30.3 Å². The van der Waals surface area contributed by atoms with Gasteiger partial charge in [0.15, 0.2) is 0 Å². The van der Waals surface area contributed by atoms with Gasteiger partial charge in [0.2, 0.25) is 11.9 Å². The zero-order valence-corrected chi connectivity index (χ0v) is 11.7. The average molecular weight is 307 g/mol. The molecule has 0 aliphatic carbocycles. The minimum Gasteiger partial charge on any atom is -0.479 e. The Kier molecular flexibility index (Phi) is 6.71. The molecular weight excluding hydrogens is 290 g/mol. The van der Waals surface area contributed by atoms with E-state index in [2.05, 4.69) is 5.32 Å². The van der Waals surface area contributed by atoms with Crippen LogP contribution in [0.15, 0.2) is 30.3 Å². The molecule has 0 spiro atoms. The first-order valence-electron chi connectivity index (χ1n) is 6.49. The molecule has 8 heteroatoms. The minimum absolute atomic E-state index is 0.216. The monoisotopic (exact) mass is 307 g/mol. The molecule has 0 aromatic heterocycles. The molecule has 0 heterocycles. The number of carbonyl (C=O) groups is 4. The Labute approximate surface area is 126 Å². The first-order chi connectivity index (χ1) is 10.5. The summed E-state index contributed by atoms with van der Waals surface area (Å²) in [5.74, 6) is -3.31. The van der Waals surface area contributed by atoms with Gasteiger partial charge in [-0.2, -0.15) is 0 Å². The normalized spacial score (nSPS) is 12.8. The first-order valence-corrected chi connectivity index (χ1v) is 6.49. The molecule has 118 valence electrons. The second-order valence-corrected chi connectivity index (χ2v) is 4.48. The highest BCUT2D eigenvalue weighted by Crippen LogP contribution is 2.02. The van der Waals surface area contributed by atoms with Gasteiger partial charge < -0.3 is 26.3 Å². The number of carboxylic acids is 1. The van der Waals surface area contributed by atoms with E-state index < -0.39 is 36.4 Å². The van der Waals surface area contributed by atoms with E-state index in [1.54, 1.807) is 30.3 Å². The van der Waals surface area contributed by atoms with Crippen molar-refractivity contribution in [3.05, 3.63) is 35.9 Å². The Morgan fingerprint density at radius 2 is 1.82 bits per heavy atom. The first kappa shape index (κ1) is 17.3. The van der Waals surface area contributed by atoms with E-state index in [1.165, 1.54) is 0 Å². The summed E-state index contributed by atoms with van der Waals surface area (Å²) in [6.45, 7) is -0.446. The van der Waals surface area contributed by atoms with Gasteiger partial charge in [0, 0.05) is 0 Å². The van der Waals surface area contributed by atoms with Crippen molar-refractivity contribution in [1.82, 2.24) is 10.6 Å². The molecule has 1 unspecified atom stereocenters. The Hall–Kier alpha value is -2.74. The summed E-state index contributed by atoms with van der Waals surface area (Å²) in [5, 5.41) is 13.2. The van der Waals surface area contributed by atoms with Gasteiger partial charge in [0.25, 0.3) is 5.91 Å². The van der Waals surface area contributed by atoms with Crippen molar-refractivity contribution in [1.29, 1.82) is 0 Å². The zero-order chi connectivity index (χ0) is 16.5. The van der Waals surface area contributed by atoms with Crippen molar-refractivity contribution < 1.29 is 24.3 Å². The van der Waals surface area contributed by atoms with Crippen molar-refractivity contribution in [2.45, 2.75) is 18.5 Å². The Morgan fingerprint density at radius 1 is 1.18 bits per heavy atom. The predicted molar refractivity (Wildman–Crippen MR) is 76.8 cm³/mol. The second kappa shape index (κ2) is 8.53. The number of benzene rings is 1. The Bertz CT molecular complexity index is 547. The van der Waals surface area contributed by atoms with Gasteiger partial charge in [0.1, 0.15) is 6.29 Å². The average Bonchev–Trinajstić information content (AvgIpc) is 2.52. The molecule has 2 amide bonds. The molecule has 0 aliphatic rings. The molecule has 0 bridgehead atoms. The fraction of sp³-hybridized carbons (Fsp3) is 0.286. The number of aliphatic carboxylic acids is 1. The van der Waals surface area contributed by atoms with E-state index in [1.807, 2.05) is 5.32 Å². The van der Waals surface area contributed by atoms with Gasteiger partial charge in [-0.3, -0.25) is 9.59 Å². The minimum atomic E-state index is -1.80. The number of nitrogens with one attached hydrogen (secondary N) is 2. The topological polar surface area (TPSA) is 139 Å². The highest BCUT2D eigenvalue weighted by atomic mass is 16.4. The SMILES string of the molecule is NCC(=O)NC(C(=O)O)C(=O)N[C@H](C=O)Cc1ccccc1. The number of rotatable bonds is 8. The number of hydrogen-bond acceptors (Lipinski definition) is 5. The van der Waals surface area contributed by atoms with Crippen molar-refractivity contribution in [2.24, 2.45) is 5.73 Å². The van der Waals surface area contributed by atoms with Crippen LogP contribution in [0.2, 0.25) is 0 Å². The van der Waals surface area contributed by atoms with Crippen LogP contribution < -0.4 is 16.4 Å². The maximum absolute atomic E-state index is 11.9. The predicted octanol–water partition coefficient (Wildman–Crippen LogP) is -1.56. The van der Waals surface area contributed by atoms with Crippen LogP contribution in [0.25, 0.3) is 0 Å². The van der Waals surface area contributed by atoms with E-state index in [4.69, 9.17) is 10.8 Å². The van der Waals surface area contributed by atoms with Crippen LogP contribution in [0.5, 0.6) is 0 Å². The summed E-state index contributed by atoms with van der Waals surface area (Å²) in [4.78, 5) is 45.1. The molecule has 0 aliphatic heterocycles. The lowest BCUT2D eigenvalue weighted by molar-refractivity contribution is -0.146. The molecule has 8 nitrogen and oxygen atoms in total. The third-order valence-corrected chi connectivity index (χ3v) is 2.79. The smallest absolute Gasteiger partial charge is 0.336 e. The zero-order valence-electron chi connectivity index (χ0n) is 11.7. The molecule has 1 rings (SSSR count). The third kappa shape index (κ3) is 5.33. The van der Waals surface area contributed by atoms with E-state index in [0.29, 0.717) is 6.29 Å². The lowest BCUT2D eigenvalue weighted by Crippen LogP contribution is -2.55. The maximum Gasteiger partial charge on any atom is 0.336 e. The van der Waals surface area contributed by atoms with Crippen LogP contribution in [-0.2, 0) is 25.6 Å². The summed E-state index contributed by atoms with van der Waals surface area (Å²) >= 11 is 0. The van der Waals surface area contributed by atoms with Crippen LogP contribution >= 0.6 is 0 Å². The van der Waals surface area contributed by atoms with Gasteiger partial charge in [-0.15, -0.1) is 0 Å². The standard InChI is InChI=1S/C14H17N3O5/c15-7-11(19)17-12(14(21)22)13(20)16-10(8-18)6-9-4-2-1-3-5-9/h1-5,8,10,12H,6-7,15H2,(H,16,20)(H,17,19)(H,21,22)/t10-,12?/m0/s1. The number of aldehydes is 1. The molecule has 22 heavy (non-hydrogen) atoms. The van der Waals surface area contributed by atoms with E-state index in [0.717, 1.165) is 5.56 Å². The van der Waals surface area contributed by atoms with Crippen molar-refractivity contribution >= 4 is 24.1 Å². The van der Waals surface area contributed by atoms with E-state index in [9.17, 15) is 19.2 Å². The van der Waals surface area contributed by atoms with Gasteiger partial charge in [-0.25, -0.2) is 4.79 Å². The van der Waals surface area contributed by atoms with Crippen molar-refractivity contribution in [3.63, 3.8) is 0 Å². The van der Waals surface area contributed by atoms with Crippen molar-refractivity contribution in [3.8, 4) is 0 Å². The van der Waals surface area contributed by atoms with Gasteiger partial charge in [-0.05, 0) is 12.0 Å². The Balaban J connectivity index is 2.71. The van der Waals surface area contributed by atoms with Gasteiger partial charge in [0.05, 0.1) is 12.6 Å². The lowest BCUT2D eigenvalue weighted by atomic mass is 10.1. The van der Waals surface area contributed by atoms with Crippen LogP contribution in [0.3, 0.4) is 0 Å². The molecule has 0 radical (unpaired) electrons. The summed E-state index contributed by atoms with van der Waals surface area (Å²) in [6, 6.07) is 6.21. The number of hydrogen-bond donors (Lipinski definition) is 4. The maximum atomic E-state index is 11.9. The Morgan fingerprint density at radius 3 is 2.32 bits per heavy atom. The number of nitrogens with two attached hydrogens (primary N) is 1. The highest BCUT2D eigenvalue weighted by Gasteiger charge is 2.29. The molecule has 0 saturated carbocycles. The summed E-state index contributed by atoms with van der Waals surface area (Å²) < 4.78 is 0. The number of carboxylic acid groups (broad SMARTS) is 1. The molecular formula is C14H17N3O5. The molecule has 2 atom stereocenters. The van der Waals surface area contributed by atoms with E-state index in [-0.39, 0.29) is 6.42 Å². The lowest BCUT2D eigenvalue weighted by Gasteiger charge is -2.17. The molecule has 5 N–H and O–H groups in total. The van der Waals surface area contributed by atoms with Gasteiger partial charge >= 0.3 is 5.97 Å². The van der Waals surface area contributed by atoms with Crippen LogP contribution in [-0.4, -0.2) is 47.8 Å². The summed E-state index contributed by atoms with van der Waals surface area (Å²) in [6.07, 6.45) is 0.724. The summed E-state index contributed by atoms with van der Waals surface area (Å²) in [5.41, 5.74) is 5.86. The fourth-order valence-corrected chi connectivity index (χ4v) is 1.73. The quantitative estimate of drug-likeness (QED) is 0.338. The van der Waals surface area contributed by atoms with E-state index >= 15 is 0 Å². The largest absolute Gasteiger partial charge is 0.479 e. The molecule has 0 fully saturated rings. The fourth-order valence-electron chi connectivity index (χ4n) is 1.73.